The van der Waals surface area contributed by atoms with Gasteiger partial charge in [0.25, 0.3) is 0 Å². The first kappa shape index (κ1) is 22.8. The number of hydrogen-bond acceptors (Lipinski definition) is 2. The first-order valence-electron chi connectivity index (χ1n) is 10.0. The van der Waals surface area contributed by atoms with E-state index in [4.69, 9.17) is 0 Å². The van der Waals surface area contributed by atoms with Gasteiger partial charge in [0.15, 0.2) is 0 Å². The fraction of sp³-hybridized carbons (Fsp3) is 0.458. The zero-order valence-electron chi connectivity index (χ0n) is 16.8. The van der Waals surface area contributed by atoms with Crippen LogP contribution in [0.1, 0.15) is 81.1 Å². The van der Waals surface area contributed by atoms with Gasteiger partial charge in [0.1, 0.15) is 11.3 Å². The molecule has 27 heavy (non-hydrogen) atoms. The molecule has 3 nitrogen and oxygen atoms in total. The molecule has 0 unspecified atom stereocenters. The van der Waals surface area contributed by atoms with Crippen LogP contribution in [0, 0.1) is 0 Å². The normalized spacial score (nSPS) is 12.2. The average molecular weight is 371 g/mol. The van der Waals surface area contributed by atoms with E-state index in [9.17, 15) is 15.0 Å². The van der Waals surface area contributed by atoms with Gasteiger partial charge in [0, 0.05) is 0 Å². The molecule has 0 radical (unpaired) electrons. The highest BCUT2D eigenvalue weighted by molar-refractivity contribution is 5.92. The predicted octanol–water partition coefficient (Wildman–Crippen LogP) is 6.83. The molecule has 0 aromatic heterocycles. The standard InChI is InChI=1S/C24H34O3/c1-4-6-7-8-9-13-20(5-2)18-17-19(3)12-10-14-21-15-11-16-22(25)23(21)24(26)27/h5,11,15-18,25H,2,4,6-10,12-14H2,1,3H3,(H,26,27)/b19-17+,20-18+. The molecular weight excluding hydrogens is 336 g/mol. The molecule has 1 aromatic rings. The van der Waals surface area contributed by atoms with Gasteiger partial charge < -0.3 is 10.2 Å². The predicted molar refractivity (Wildman–Crippen MR) is 113 cm³/mol. The Morgan fingerprint density at radius 1 is 1.07 bits per heavy atom. The number of carboxylic acids is 1. The van der Waals surface area contributed by atoms with Crippen molar-refractivity contribution in [3.63, 3.8) is 0 Å². The van der Waals surface area contributed by atoms with Crippen molar-refractivity contribution in [3.05, 3.63) is 65.3 Å². The number of aryl methyl sites for hydroxylation is 1. The lowest BCUT2D eigenvalue weighted by atomic mass is 9.99. The van der Waals surface area contributed by atoms with Gasteiger partial charge in [-0.15, -0.1) is 0 Å². The zero-order chi connectivity index (χ0) is 20.1. The van der Waals surface area contributed by atoms with E-state index in [0.29, 0.717) is 12.0 Å². The number of hydrogen-bond donors (Lipinski definition) is 2. The molecule has 0 aliphatic carbocycles. The Bertz CT molecular complexity index is 668. The Balaban J connectivity index is 2.51. The molecule has 0 spiro atoms. The van der Waals surface area contributed by atoms with E-state index < -0.39 is 5.97 Å². The third-order valence-electron chi connectivity index (χ3n) is 4.77. The lowest BCUT2D eigenvalue weighted by Gasteiger charge is -2.08. The molecule has 2 N–H and O–H groups in total. The largest absolute Gasteiger partial charge is 0.507 e. The fourth-order valence-electron chi connectivity index (χ4n) is 3.12. The van der Waals surface area contributed by atoms with Gasteiger partial charge >= 0.3 is 5.97 Å². The van der Waals surface area contributed by atoms with Crippen molar-refractivity contribution in [1.82, 2.24) is 0 Å². The summed E-state index contributed by atoms with van der Waals surface area (Å²) in [4.78, 5) is 11.3. The number of aromatic hydroxyl groups is 1. The van der Waals surface area contributed by atoms with Crippen molar-refractivity contribution in [2.24, 2.45) is 0 Å². The van der Waals surface area contributed by atoms with Crippen molar-refractivity contribution in [3.8, 4) is 5.75 Å². The average Bonchev–Trinajstić information content (AvgIpc) is 2.63. The summed E-state index contributed by atoms with van der Waals surface area (Å²) in [6, 6.07) is 4.89. The molecule has 3 heteroatoms. The molecule has 0 aliphatic heterocycles. The van der Waals surface area contributed by atoms with E-state index in [2.05, 4.69) is 32.6 Å². The van der Waals surface area contributed by atoms with Crippen LogP contribution < -0.4 is 0 Å². The van der Waals surface area contributed by atoms with Crippen LogP contribution in [0.25, 0.3) is 0 Å². The van der Waals surface area contributed by atoms with Gasteiger partial charge in [-0.1, -0.05) is 75.1 Å². The van der Waals surface area contributed by atoms with Gasteiger partial charge in [-0.25, -0.2) is 4.79 Å². The minimum Gasteiger partial charge on any atom is -0.507 e. The first-order chi connectivity index (χ1) is 13.0. The van der Waals surface area contributed by atoms with Crippen molar-refractivity contribution in [2.75, 3.05) is 0 Å². The van der Waals surface area contributed by atoms with E-state index >= 15 is 0 Å². The Morgan fingerprint density at radius 2 is 1.81 bits per heavy atom. The molecule has 0 saturated heterocycles. The van der Waals surface area contributed by atoms with E-state index in [1.165, 1.54) is 49.3 Å². The second-order valence-electron chi connectivity index (χ2n) is 7.09. The van der Waals surface area contributed by atoms with Gasteiger partial charge in [-0.05, 0) is 56.2 Å². The Kier molecular flexibility index (Phi) is 10.9. The molecular formula is C24H34O3. The quantitative estimate of drug-likeness (QED) is 0.295. The van der Waals surface area contributed by atoms with Crippen LogP contribution in [0.4, 0.5) is 0 Å². The highest BCUT2D eigenvalue weighted by Gasteiger charge is 2.14. The molecule has 1 aromatic carbocycles. The number of carboxylic acid groups (broad SMARTS) is 1. The van der Waals surface area contributed by atoms with Crippen molar-refractivity contribution in [1.29, 1.82) is 0 Å². The first-order valence-corrected chi connectivity index (χ1v) is 10.0. The van der Waals surface area contributed by atoms with E-state index in [0.717, 1.165) is 19.3 Å². The number of aromatic carboxylic acids is 1. The molecule has 0 saturated carbocycles. The summed E-state index contributed by atoms with van der Waals surface area (Å²) in [5.41, 5.74) is 3.24. The number of unbranched alkanes of at least 4 members (excludes halogenated alkanes) is 4. The topological polar surface area (TPSA) is 57.5 Å². The van der Waals surface area contributed by atoms with Crippen molar-refractivity contribution in [2.45, 2.75) is 71.6 Å². The highest BCUT2D eigenvalue weighted by atomic mass is 16.4. The zero-order valence-corrected chi connectivity index (χ0v) is 16.8. The van der Waals surface area contributed by atoms with E-state index in [1.54, 1.807) is 12.1 Å². The van der Waals surface area contributed by atoms with Gasteiger partial charge in [0.2, 0.25) is 0 Å². The molecule has 1 rings (SSSR count). The summed E-state index contributed by atoms with van der Waals surface area (Å²) >= 11 is 0. The Hall–Kier alpha value is -2.29. The molecule has 0 atom stereocenters. The number of carbonyl (C=O) groups is 1. The molecule has 0 aliphatic rings. The smallest absolute Gasteiger partial charge is 0.339 e. The van der Waals surface area contributed by atoms with Gasteiger partial charge in [-0.3, -0.25) is 0 Å². The monoisotopic (exact) mass is 370 g/mol. The maximum Gasteiger partial charge on any atom is 0.339 e. The Labute approximate surface area is 164 Å². The van der Waals surface area contributed by atoms with Crippen LogP contribution in [0.15, 0.2) is 54.2 Å². The summed E-state index contributed by atoms with van der Waals surface area (Å²) in [7, 11) is 0. The molecule has 0 amide bonds. The van der Waals surface area contributed by atoms with Crippen LogP contribution in [0.5, 0.6) is 5.75 Å². The molecule has 0 bridgehead atoms. The Morgan fingerprint density at radius 3 is 2.48 bits per heavy atom. The second-order valence-corrected chi connectivity index (χ2v) is 7.09. The van der Waals surface area contributed by atoms with Crippen LogP contribution in [0.2, 0.25) is 0 Å². The van der Waals surface area contributed by atoms with E-state index in [-0.39, 0.29) is 11.3 Å². The lowest BCUT2D eigenvalue weighted by Crippen LogP contribution is -2.03. The lowest BCUT2D eigenvalue weighted by molar-refractivity contribution is 0.0692. The summed E-state index contributed by atoms with van der Waals surface area (Å²) in [6.45, 7) is 8.24. The number of allylic oxidation sites excluding steroid dienone is 5. The van der Waals surface area contributed by atoms with E-state index in [1.807, 2.05) is 6.08 Å². The van der Waals surface area contributed by atoms with Crippen LogP contribution in [-0.2, 0) is 6.42 Å². The minimum absolute atomic E-state index is 0.0241. The van der Waals surface area contributed by atoms with Gasteiger partial charge in [0.05, 0.1) is 0 Å². The summed E-state index contributed by atoms with van der Waals surface area (Å²) in [6.07, 6.45) is 16.1. The van der Waals surface area contributed by atoms with Gasteiger partial charge in [-0.2, -0.15) is 0 Å². The third-order valence-corrected chi connectivity index (χ3v) is 4.77. The minimum atomic E-state index is -1.08. The molecule has 148 valence electrons. The summed E-state index contributed by atoms with van der Waals surface area (Å²) in [5, 5.41) is 19.0. The molecule has 0 heterocycles. The second kappa shape index (κ2) is 13.0. The van der Waals surface area contributed by atoms with Crippen LogP contribution in [-0.4, -0.2) is 16.2 Å². The van der Waals surface area contributed by atoms with Crippen LogP contribution >= 0.6 is 0 Å². The number of phenols is 1. The molecule has 0 fully saturated rings. The maximum atomic E-state index is 11.3. The number of benzene rings is 1. The maximum absolute atomic E-state index is 11.3. The van der Waals surface area contributed by atoms with Crippen molar-refractivity contribution < 1.29 is 15.0 Å². The van der Waals surface area contributed by atoms with Crippen LogP contribution in [0.3, 0.4) is 0 Å². The SMILES string of the molecule is C=C/C(=C\C=C(/C)CCCc1cccc(O)c1C(=O)O)CCCCCCC. The fourth-order valence-corrected chi connectivity index (χ4v) is 3.12. The third kappa shape index (κ3) is 8.76. The highest BCUT2D eigenvalue weighted by Crippen LogP contribution is 2.23. The summed E-state index contributed by atoms with van der Waals surface area (Å²) in [5.74, 6) is -1.24. The number of rotatable bonds is 13. The van der Waals surface area contributed by atoms with Crippen molar-refractivity contribution >= 4 is 5.97 Å². The summed E-state index contributed by atoms with van der Waals surface area (Å²) < 4.78 is 0.